The number of piperidine rings is 1. The zero-order chi connectivity index (χ0) is 27.1. The second-order valence-corrected chi connectivity index (χ2v) is 11.5. The molecule has 0 spiro atoms. The van der Waals surface area contributed by atoms with Crippen molar-refractivity contribution in [3.63, 3.8) is 0 Å². The van der Waals surface area contributed by atoms with E-state index in [1.165, 1.54) is 12.1 Å². The Kier molecular flexibility index (Phi) is 6.40. The molecule has 0 amide bonds. The molecule has 0 atom stereocenters. The average molecular weight is 549 g/mol. The highest BCUT2D eigenvalue weighted by Gasteiger charge is 2.17. The van der Waals surface area contributed by atoms with E-state index in [2.05, 4.69) is 26.3 Å². The number of halogens is 2. The Morgan fingerprint density at radius 3 is 2.51 bits per heavy atom. The highest BCUT2D eigenvalue weighted by atomic mass is 32.2. The van der Waals surface area contributed by atoms with Crippen LogP contribution in [0.3, 0.4) is 0 Å². The van der Waals surface area contributed by atoms with Gasteiger partial charge in [0.2, 0.25) is 10.0 Å². The lowest BCUT2D eigenvalue weighted by Gasteiger charge is -2.22. The summed E-state index contributed by atoms with van der Waals surface area (Å²) in [5, 5.41) is 7.96. The Bertz CT molecular complexity index is 1790. The number of rotatable bonds is 6. The van der Waals surface area contributed by atoms with Gasteiger partial charge in [0.15, 0.2) is 0 Å². The summed E-state index contributed by atoms with van der Waals surface area (Å²) in [5.74, 6) is -1.44. The molecule has 4 heterocycles. The van der Waals surface area contributed by atoms with Crippen molar-refractivity contribution >= 4 is 21.4 Å². The van der Waals surface area contributed by atoms with Crippen LogP contribution in [0.1, 0.15) is 18.9 Å². The lowest BCUT2D eigenvalue weighted by molar-refractivity contribution is 0.343. The summed E-state index contributed by atoms with van der Waals surface area (Å²) in [5.41, 5.74) is 4.75. The first-order chi connectivity index (χ1) is 18.7. The van der Waals surface area contributed by atoms with E-state index >= 15 is 0 Å². The van der Waals surface area contributed by atoms with Crippen LogP contribution in [0.4, 0.5) is 14.5 Å². The van der Waals surface area contributed by atoms with Gasteiger partial charge in [-0.3, -0.25) is 13.8 Å². The number of hydrogen-bond acceptors (Lipinski definition) is 5. The average Bonchev–Trinajstić information content (AvgIpc) is 3.55. The van der Waals surface area contributed by atoms with Gasteiger partial charge in [-0.05, 0) is 79.5 Å². The van der Waals surface area contributed by atoms with E-state index < -0.39 is 21.7 Å². The van der Waals surface area contributed by atoms with Crippen molar-refractivity contribution in [2.24, 2.45) is 0 Å². The minimum atomic E-state index is -3.60. The Balaban J connectivity index is 1.39. The van der Waals surface area contributed by atoms with Gasteiger partial charge in [0.1, 0.15) is 17.3 Å². The third-order valence-corrected chi connectivity index (χ3v) is 7.51. The van der Waals surface area contributed by atoms with Crippen molar-refractivity contribution < 1.29 is 17.2 Å². The fourth-order valence-corrected chi connectivity index (χ4v) is 5.61. The molecule has 0 radical (unpaired) electrons. The van der Waals surface area contributed by atoms with E-state index in [9.17, 15) is 17.2 Å². The Hall–Kier alpha value is -4.09. The molecular weight excluding hydrogens is 522 g/mol. The molecular formula is C28H26F2N6O2S. The van der Waals surface area contributed by atoms with Crippen LogP contribution >= 0.6 is 0 Å². The molecule has 1 aliphatic heterocycles. The number of fused-ring (bicyclic) bond motifs is 1. The van der Waals surface area contributed by atoms with Gasteiger partial charge in [0.05, 0.1) is 30.4 Å². The Morgan fingerprint density at radius 2 is 1.74 bits per heavy atom. The summed E-state index contributed by atoms with van der Waals surface area (Å²) in [4.78, 5) is 4.58. The first kappa shape index (κ1) is 25.2. The maximum atomic E-state index is 14.7. The van der Waals surface area contributed by atoms with E-state index in [4.69, 9.17) is 0 Å². The lowest BCUT2D eigenvalue weighted by Crippen LogP contribution is -2.29. The summed E-state index contributed by atoms with van der Waals surface area (Å²) >= 11 is 0. The minimum Gasteiger partial charge on any atom is -0.317 e. The second kappa shape index (κ2) is 9.90. The number of sulfonamides is 1. The summed E-state index contributed by atoms with van der Waals surface area (Å²) in [6.45, 7) is 1.97. The molecule has 2 aromatic carbocycles. The van der Waals surface area contributed by atoms with Gasteiger partial charge in [0.25, 0.3) is 0 Å². The third kappa shape index (κ3) is 5.27. The second-order valence-electron chi connectivity index (χ2n) is 9.77. The predicted octanol–water partition coefficient (Wildman–Crippen LogP) is 5.11. The van der Waals surface area contributed by atoms with Crippen LogP contribution in [0.15, 0.2) is 73.3 Å². The molecule has 1 fully saturated rings. The van der Waals surface area contributed by atoms with E-state index in [1.807, 2.05) is 33.6 Å². The molecule has 6 rings (SSSR count). The van der Waals surface area contributed by atoms with Crippen molar-refractivity contribution in [2.45, 2.75) is 18.9 Å². The summed E-state index contributed by atoms with van der Waals surface area (Å²) < 4.78 is 58.5. The number of nitrogens with one attached hydrogen (secondary N) is 2. The quantitative estimate of drug-likeness (QED) is 0.308. The SMILES string of the molecule is CS(=O)(=O)Nc1cc(-c2ccc(F)cc2F)cc(-c2cnc3cc(-c4cnn(C5CCNCC5)c4)ccn23)c1. The molecule has 0 unspecified atom stereocenters. The van der Waals surface area contributed by atoms with Crippen molar-refractivity contribution in [3.8, 4) is 33.5 Å². The number of nitrogens with zero attached hydrogens (tertiary/aromatic N) is 4. The van der Waals surface area contributed by atoms with Crippen molar-refractivity contribution in [1.29, 1.82) is 0 Å². The smallest absolute Gasteiger partial charge is 0.229 e. The number of pyridine rings is 1. The molecule has 8 nitrogen and oxygen atoms in total. The maximum Gasteiger partial charge on any atom is 0.229 e. The predicted molar refractivity (Wildman–Crippen MR) is 147 cm³/mol. The van der Waals surface area contributed by atoms with Crippen molar-refractivity contribution in [2.75, 3.05) is 24.1 Å². The monoisotopic (exact) mass is 548 g/mol. The number of aromatic nitrogens is 4. The topological polar surface area (TPSA) is 93.3 Å². The molecule has 200 valence electrons. The normalized spacial score (nSPS) is 14.6. The number of anilines is 1. The third-order valence-electron chi connectivity index (χ3n) is 6.91. The fourth-order valence-electron chi connectivity index (χ4n) is 5.06. The molecule has 0 bridgehead atoms. The molecule has 5 aromatic rings. The summed E-state index contributed by atoms with van der Waals surface area (Å²) in [7, 11) is -3.60. The van der Waals surface area contributed by atoms with Gasteiger partial charge in [0, 0.05) is 40.8 Å². The minimum absolute atomic E-state index is 0.150. The molecule has 3 aromatic heterocycles. The number of benzene rings is 2. The molecule has 1 aliphatic rings. The summed E-state index contributed by atoms with van der Waals surface area (Å²) in [6, 6.07) is 12.5. The number of imidazole rings is 1. The van der Waals surface area contributed by atoms with Crippen LogP contribution in [-0.2, 0) is 10.0 Å². The molecule has 39 heavy (non-hydrogen) atoms. The van der Waals surface area contributed by atoms with E-state index in [-0.39, 0.29) is 11.3 Å². The fraction of sp³-hybridized carbons (Fsp3) is 0.214. The van der Waals surface area contributed by atoms with Gasteiger partial charge in [-0.15, -0.1) is 0 Å². The van der Waals surface area contributed by atoms with Gasteiger partial charge in [-0.1, -0.05) is 0 Å². The zero-order valence-corrected chi connectivity index (χ0v) is 21.9. The van der Waals surface area contributed by atoms with Gasteiger partial charge >= 0.3 is 0 Å². The van der Waals surface area contributed by atoms with Crippen LogP contribution in [0.2, 0.25) is 0 Å². The molecule has 1 saturated heterocycles. The molecule has 2 N–H and O–H groups in total. The van der Waals surface area contributed by atoms with Crippen molar-refractivity contribution in [1.82, 2.24) is 24.5 Å². The van der Waals surface area contributed by atoms with Crippen LogP contribution in [-0.4, -0.2) is 46.9 Å². The van der Waals surface area contributed by atoms with Gasteiger partial charge < -0.3 is 5.32 Å². The van der Waals surface area contributed by atoms with E-state index in [1.54, 1.807) is 18.3 Å². The standard InChI is InChI=1S/C28H26F2N6O2S/c1-39(37,38)34-23-11-19(25-3-2-22(29)14-26(25)30)10-20(12-23)27-16-32-28-13-18(6-9-35(27)28)21-15-33-36(17-21)24-4-7-31-8-5-24/h2-3,6,9-17,24,31,34H,4-5,7-8H2,1H3. The first-order valence-electron chi connectivity index (χ1n) is 12.5. The lowest BCUT2D eigenvalue weighted by atomic mass is 10.00. The Labute approximate surface area is 224 Å². The van der Waals surface area contributed by atoms with E-state index in [0.29, 0.717) is 28.5 Å². The molecule has 0 aliphatic carbocycles. The van der Waals surface area contributed by atoms with Crippen LogP contribution < -0.4 is 10.0 Å². The van der Waals surface area contributed by atoms with Crippen LogP contribution in [0.25, 0.3) is 39.2 Å². The molecule has 0 saturated carbocycles. The van der Waals surface area contributed by atoms with E-state index in [0.717, 1.165) is 55.4 Å². The maximum absolute atomic E-state index is 14.7. The van der Waals surface area contributed by atoms with Crippen LogP contribution in [0.5, 0.6) is 0 Å². The first-order valence-corrected chi connectivity index (χ1v) is 14.4. The number of hydrogen-bond donors (Lipinski definition) is 2. The highest BCUT2D eigenvalue weighted by Crippen LogP contribution is 2.33. The highest BCUT2D eigenvalue weighted by molar-refractivity contribution is 7.92. The summed E-state index contributed by atoms with van der Waals surface area (Å²) in [6.07, 6.45) is 10.6. The zero-order valence-electron chi connectivity index (χ0n) is 21.1. The molecule has 11 heteroatoms. The van der Waals surface area contributed by atoms with Crippen LogP contribution in [0, 0.1) is 11.6 Å². The van der Waals surface area contributed by atoms with Gasteiger partial charge in [-0.2, -0.15) is 5.10 Å². The Morgan fingerprint density at radius 1 is 0.949 bits per heavy atom. The largest absolute Gasteiger partial charge is 0.317 e. The van der Waals surface area contributed by atoms with Gasteiger partial charge in [-0.25, -0.2) is 22.2 Å². The van der Waals surface area contributed by atoms with Crippen molar-refractivity contribution in [3.05, 3.63) is 85.0 Å².